The molecule has 0 saturated heterocycles. The Morgan fingerprint density at radius 3 is 2.83 bits per heavy atom. The molecule has 1 N–H and O–H groups in total. The van der Waals surface area contributed by atoms with Crippen LogP contribution in [-0.2, 0) is 22.9 Å². The molecule has 5 nitrogen and oxygen atoms in total. The molecule has 0 amide bonds. The second-order valence-corrected chi connectivity index (χ2v) is 7.40. The smallest absolute Gasteiger partial charge is 0.147 e. The van der Waals surface area contributed by atoms with E-state index in [1.165, 1.54) is 24.7 Å². The van der Waals surface area contributed by atoms with E-state index in [2.05, 4.69) is 10.4 Å². The van der Waals surface area contributed by atoms with Crippen LogP contribution < -0.4 is 5.32 Å². The first-order valence-electron chi connectivity index (χ1n) is 6.38. The van der Waals surface area contributed by atoms with E-state index in [0.29, 0.717) is 19.0 Å². The molecule has 6 heteroatoms. The lowest BCUT2D eigenvalue weighted by atomic mass is 10.2. The van der Waals surface area contributed by atoms with Crippen LogP contribution >= 0.6 is 0 Å². The quantitative estimate of drug-likeness (QED) is 0.799. The van der Waals surface area contributed by atoms with Gasteiger partial charge < -0.3 is 5.32 Å². The molecule has 1 aliphatic rings. The minimum absolute atomic E-state index is 0.224. The first kappa shape index (κ1) is 13.5. The molecule has 0 unspecified atom stereocenters. The largest absolute Gasteiger partial charge is 0.310 e. The molecule has 2 rings (SSSR count). The molecule has 0 bridgehead atoms. The summed E-state index contributed by atoms with van der Waals surface area (Å²) in [4.78, 5) is 0. The zero-order chi connectivity index (χ0) is 13.2. The van der Waals surface area contributed by atoms with Gasteiger partial charge in [-0.25, -0.2) is 8.42 Å². The lowest BCUT2D eigenvalue weighted by Gasteiger charge is -2.00. The summed E-state index contributed by atoms with van der Waals surface area (Å²) in [5.74, 6) is 0.224. The third-order valence-corrected chi connectivity index (χ3v) is 4.14. The Bertz CT molecular complexity index is 503. The summed E-state index contributed by atoms with van der Waals surface area (Å²) < 4.78 is 23.9. The third kappa shape index (κ3) is 4.42. The van der Waals surface area contributed by atoms with Crippen LogP contribution in [0.25, 0.3) is 0 Å². The minimum Gasteiger partial charge on any atom is -0.310 e. The summed E-state index contributed by atoms with van der Waals surface area (Å²) in [7, 11) is -2.86. The number of sulfone groups is 1. The van der Waals surface area contributed by atoms with Crippen molar-refractivity contribution in [3.63, 3.8) is 0 Å². The summed E-state index contributed by atoms with van der Waals surface area (Å²) in [6.45, 7) is 3.52. The van der Waals surface area contributed by atoms with Crippen LogP contribution in [0.2, 0.25) is 0 Å². The normalized spacial score (nSPS) is 16.1. The Labute approximate surface area is 108 Å². The van der Waals surface area contributed by atoms with Gasteiger partial charge in [0.1, 0.15) is 9.84 Å². The van der Waals surface area contributed by atoms with Crippen molar-refractivity contribution in [1.29, 1.82) is 0 Å². The average Bonchev–Trinajstić information content (AvgIpc) is 3.00. The number of rotatable bonds is 7. The first-order chi connectivity index (χ1) is 8.44. The fourth-order valence-electron chi connectivity index (χ4n) is 1.88. The van der Waals surface area contributed by atoms with Gasteiger partial charge in [-0.1, -0.05) is 0 Å². The lowest BCUT2D eigenvalue weighted by Crippen LogP contribution is -2.15. The van der Waals surface area contributed by atoms with E-state index >= 15 is 0 Å². The molecule has 0 aliphatic heterocycles. The van der Waals surface area contributed by atoms with Gasteiger partial charge in [0.2, 0.25) is 0 Å². The lowest BCUT2D eigenvalue weighted by molar-refractivity contribution is 0.574. The van der Waals surface area contributed by atoms with Crippen molar-refractivity contribution >= 4 is 9.84 Å². The highest BCUT2D eigenvalue weighted by Gasteiger charge is 2.20. The molecule has 1 aliphatic carbocycles. The van der Waals surface area contributed by atoms with Gasteiger partial charge in [-0.05, 0) is 26.2 Å². The van der Waals surface area contributed by atoms with Crippen molar-refractivity contribution in [2.75, 3.05) is 12.0 Å². The van der Waals surface area contributed by atoms with E-state index in [1.807, 2.05) is 17.8 Å². The van der Waals surface area contributed by atoms with Crippen LogP contribution in [0.1, 0.15) is 30.5 Å². The highest BCUT2D eigenvalue weighted by atomic mass is 32.2. The molecule has 1 aromatic rings. The van der Waals surface area contributed by atoms with Gasteiger partial charge in [-0.15, -0.1) is 0 Å². The van der Waals surface area contributed by atoms with E-state index in [0.717, 1.165) is 12.2 Å². The van der Waals surface area contributed by atoms with E-state index in [-0.39, 0.29) is 5.75 Å². The van der Waals surface area contributed by atoms with Gasteiger partial charge in [-0.2, -0.15) is 5.10 Å². The van der Waals surface area contributed by atoms with Crippen molar-refractivity contribution in [2.45, 2.75) is 45.3 Å². The number of hydrogen-bond acceptors (Lipinski definition) is 4. The molecule has 1 fully saturated rings. The fraction of sp³-hybridized carbons (Fsp3) is 0.750. The maximum absolute atomic E-state index is 11.0. The van der Waals surface area contributed by atoms with E-state index < -0.39 is 9.84 Å². The molecule has 0 aromatic carbocycles. The molecule has 18 heavy (non-hydrogen) atoms. The Balaban J connectivity index is 1.83. The molecule has 0 spiro atoms. The molecule has 0 radical (unpaired) electrons. The number of aromatic nitrogens is 2. The van der Waals surface area contributed by atoms with E-state index in [9.17, 15) is 8.42 Å². The predicted molar refractivity (Wildman–Crippen MR) is 71.2 cm³/mol. The van der Waals surface area contributed by atoms with Gasteiger partial charge in [0.05, 0.1) is 11.4 Å². The van der Waals surface area contributed by atoms with Gasteiger partial charge in [0.25, 0.3) is 0 Å². The van der Waals surface area contributed by atoms with Crippen molar-refractivity contribution in [3.05, 3.63) is 17.5 Å². The molecule has 102 valence electrons. The number of aryl methyl sites for hydroxylation is 2. The Kier molecular flexibility index (Phi) is 4.07. The van der Waals surface area contributed by atoms with Gasteiger partial charge in [-0.3, -0.25) is 4.68 Å². The van der Waals surface area contributed by atoms with E-state index in [4.69, 9.17) is 0 Å². The summed E-state index contributed by atoms with van der Waals surface area (Å²) in [6.07, 6.45) is 6.47. The standard InChI is InChI=1S/C12H21N3O2S/c1-10-11(8-13-12-4-5-12)9-15(14-10)6-3-7-18(2,16)17/h9,12-13H,3-8H2,1-2H3. The monoisotopic (exact) mass is 271 g/mol. The Morgan fingerprint density at radius 2 is 2.22 bits per heavy atom. The van der Waals surface area contributed by atoms with Crippen molar-refractivity contribution in [3.8, 4) is 0 Å². The van der Waals surface area contributed by atoms with Crippen LogP contribution in [0.15, 0.2) is 6.20 Å². The summed E-state index contributed by atoms with van der Waals surface area (Å²) in [5.41, 5.74) is 2.24. The number of hydrogen-bond donors (Lipinski definition) is 1. The Hall–Kier alpha value is -0.880. The molecule has 1 saturated carbocycles. The van der Waals surface area contributed by atoms with Gasteiger partial charge >= 0.3 is 0 Å². The number of nitrogens with one attached hydrogen (secondary N) is 1. The topological polar surface area (TPSA) is 64.0 Å². The SMILES string of the molecule is Cc1nn(CCCS(C)(=O)=O)cc1CNC1CC1. The second-order valence-electron chi connectivity index (χ2n) is 5.14. The van der Waals surface area contributed by atoms with Crippen molar-refractivity contribution < 1.29 is 8.42 Å². The molecular formula is C12H21N3O2S. The highest BCUT2D eigenvalue weighted by molar-refractivity contribution is 7.90. The molecule has 1 aromatic heterocycles. The predicted octanol–water partition coefficient (Wildman–Crippen LogP) is 0.878. The molecule has 1 heterocycles. The molecular weight excluding hydrogens is 250 g/mol. The maximum atomic E-state index is 11.0. The van der Waals surface area contributed by atoms with Gasteiger partial charge in [0.15, 0.2) is 0 Å². The summed E-state index contributed by atoms with van der Waals surface area (Å²) >= 11 is 0. The zero-order valence-electron chi connectivity index (χ0n) is 11.0. The van der Waals surface area contributed by atoms with Crippen LogP contribution in [-0.4, -0.2) is 36.2 Å². The zero-order valence-corrected chi connectivity index (χ0v) is 11.8. The van der Waals surface area contributed by atoms with Gasteiger partial charge in [0, 0.05) is 37.1 Å². The van der Waals surface area contributed by atoms with Crippen molar-refractivity contribution in [2.24, 2.45) is 0 Å². The average molecular weight is 271 g/mol. The summed E-state index contributed by atoms with van der Waals surface area (Å²) in [5, 5.41) is 7.87. The van der Waals surface area contributed by atoms with Crippen LogP contribution in [0.3, 0.4) is 0 Å². The molecule has 0 atom stereocenters. The third-order valence-electron chi connectivity index (χ3n) is 3.11. The Morgan fingerprint density at radius 1 is 1.50 bits per heavy atom. The van der Waals surface area contributed by atoms with Crippen LogP contribution in [0.5, 0.6) is 0 Å². The fourth-order valence-corrected chi connectivity index (χ4v) is 2.53. The van der Waals surface area contributed by atoms with Crippen LogP contribution in [0.4, 0.5) is 0 Å². The number of nitrogens with zero attached hydrogens (tertiary/aromatic N) is 2. The van der Waals surface area contributed by atoms with Crippen LogP contribution in [0, 0.1) is 6.92 Å². The highest BCUT2D eigenvalue weighted by Crippen LogP contribution is 2.19. The van der Waals surface area contributed by atoms with E-state index in [1.54, 1.807) is 0 Å². The van der Waals surface area contributed by atoms with Crippen molar-refractivity contribution in [1.82, 2.24) is 15.1 Å². The first-order valence-corrected chi connectivity index (χ1v) is 8.44. The second kappa shape index (κ2) is 5.40. The summed E-state index contributed by atoms with van der Waals surface area (Å²) in [6, 6.07) is 0.693. The maximum Gasteiger partial charge on any atom is 0.147 e. The minimum atomic E-state index is -2.86.